The Bertz CT molecular complexity index is 704. The van der Waals surface area contributed by atoms with Crippen LogP contribution >= 0.6 is 11.6 Å². The molecule has 0 heterocycles. The van der Waals surface area contributed by atoms with Crippen LogP contribution in [0.5, 0.6) is 0 Å². The molecule has 138 valence electrons. The molecule has 0 fully saturated rings. The van der Waals surface area contributed by atoms with Crippen LogP contribution in [0.4, 0.5) is 0 Å². The Balaban J connectivity index is 1.93. The van der Waals surface area contributed by atoms with Gasteiger partial charge in [-0.05, 0) is 36.1 Å². The zero-order valence-corrected chi connectivity index (χ0v) is 15.3. The van der Waals surface area contributed by atoms with Gasteiger partial charge in [0.2, 0.25) is 0 Å². The van der Waals surface area contributed by atoms with E-state index in [2.05, 4.69) is 5.16 Å². The number of halogens is 1. The number of carbonyl (C=O) groups excluding carboxylic acids is 1. The first-order valence-corrected chi connectivity index (χ1v) is 8.68. The predicted molar refractivity (Wildman–Crippen MR) is 100 cm³/mol. The molecular formula is C20H22ClNO4. The van der Waals surface area contributed by atoms with E-state index in [4.69, 9.17) is 26.3 Å². The van der Waals surface area contributed by atoms with E-state index >= 15 is 0 Å². The fraction of sp³-hybridized carbons (Fsp3) is 0.300. The lowest BCUT2D eigenvalue weighted by atomic mass is 9.98. The van der Waals surface area contributed by atoms with Crippen molar-refractivity contribution in [2.24, 2.45) is 11.1 Å². The smallest absolute Gasteiger partial charge is 0.314 e. The molecule has 0 aromatic heterocycles. The largest absolute Gasteiger partial charge is 0.460 e. The van der Waals surface area contributed by atoms with Gasteiger partial charge < -0.3 is 14.7 Å². The molecule has 0 aliphatic rings. The Morgan fingerprint density at radius 2 is 1.85 bits per heavy atom. The van der Waals surface area contributed by atoms with Gasteiger partial charge in [0.1, 0.15) is 6.61 Å². The summed E-state index contributed by atoms with van der Waals surface area (Å²) in [6, 6.07) is 16.8. The van der Waals surface area contributed by atoms with E-state index in [1.165, 1.54) is 6.21 Å². The Morgan fingerprint density at radius 3 is 2.46 bits per heavy atom. The van der Waals surface area contributed by atoms with Gasteiger partial charge in [-0.25, -0.2) is 0 Å². The molecule has 0 radical (unpaired) electrons. The van der Waals surface area contributed by atoms with Gasteiger partial charge in [-0.15, -0.1) is 5.16 Å². The van der Waals surface area contributed by atoms with Crippen LogP contribution in [0.1, 0.15) is 30.1 Å². The maximum Gasteiger partial charge on any atom is 0.314 e. The van der Waals surface area contributed by atoms with Crippen molar-refractivity contribution in [2.45, 2.75) is 25.6 Å². The second kappa shape index (κ2) is 10.6. The summed E-state index contributed by atoms with van der Waals surface area (Å²) in [5.74, 6) is -1.08. The lowest BCUT2D eigenvalue weighted by molar-refractivity contribution is -0.147. The predicted octanol–water partition coefficient (Wildman–Crippen LogP) is 4.63. The summed E-state index contributed by atoms with van der Waals surface area (Å²) >= 11 is 5.91. The standard InChI is InChI=1S/C20H22ClNO4/c1-25-19(16-7-10-18(21)11-8-16)12-9-17(13-22-24)20(23)26-14-15-5-3-2-4-6-15/h2-8,10-11,13,17,19,24H,9,12,14H2,1H3/b22-13-. The number of benzene rings is 2. The van der Waals surface area contributed by atoms with E-state index in [9.17, 15) is 4.79 Å². The van der Waals surface area contributed by atoms with Gasteiger partial charge >= 0.3 is 5.97 Å². The highest BCUT2D eigenvalue weighted by Gasteiger charge is 2.21. The van der Waals surface area contributed by atoms with Crippen molar-refractivity contribution in [1.29, 1.82) is 0 Å². The number of rotatable bonds is 9. The molecule has 0 aliphatic heterocycles. The third-order valence-corrected chi connectivity index (χ3v) is 4.29. The van der Waals surface area contributed by atoms with Crippen molar-refractivity contribution in [1.82, 2.24) is 0 Å². The molecule has 0 bridgehead atoms. The number of nitrogens with zero attached hydrogens (tertiary/aromatic N) is 1. The number of methoxy groups -OCH3 is 1. The zero-order chi connectivity index (χ0) is 18.8. The fourth-order valence-corrected chi connectivity index (χ4v) is 2.72. The van der Waals surface area contributed by atoms with Crippen LogP contribution in [-0.2, 0) is 20.9 Å². The highest BCUT2D eigenvalue weighted by atomic mass is 35.5. The lowest BCUT2D eigenvalue weighted by Crippen LogP contribution is -2.20. The van der Waals surface area contributed by atoms with Gasteiger partial charge in [0.25, 0.3) is 0 Å². The van der Waals surface area contributed by atoms with Gasteiger partial charge in [-0.1, -0.05) is 54.1 Å². The Labute approximate surface area is 158 Å². The maximum absolute atomic E-state index is 12.3. The number of carbonyl (C=O) groups is 1. The minimum absolute atomic E-state index is 0.181. The van der Waals surface area contributed by atoms with E-state index in [1.54, 1.807) is 19.2 Å². The second-order valence-corrected chi connectivity index (χ2v) is 6.25. The zero-order valence-electron chi connectivity index (χ0n) is 14.5. The summed E-state index contributed by atoms with van der Waals surface area (Å²) in [7, 11) is 1.61. The van der Waals surface area contributed by atoms with Crippen molar-refractivity contribution in [3.8, 4) is 0 Å². The molecule has 1 N–H and O–H groups in total. The lowest BCUT2D eigenvalue weighted by Gasteiger charge is -2.18. The third-order valence-electron chi connectivity index (χ3n) is 4.04. The van der Waals surface area contributed by atoms with Gasteiger partial charge in [0.05, 0.1) is 18.2 Å². The molecule has 2 aromatic carbocycles. The minimum Gasteiger partial charge on any atom is -0.460 e. The van der Waals surface area contributed by atoms with Crippen LogP contribution in [-0.4, -0.2) is 24.5 Å². The molecule has 0 saturated carbocycles. The van der Waals surface area contributed by atoms with Crippen LogP contribution in [0, 0.1) is 5.92 Å². The first-order valence-electron chi connectivity index (χ1n) is 8.30. The SMILES string of the molecule is COC(CCC(/C=N\O)C(=O)OCc1ccccc1)c1ccc(Cl)cc1. The van der Waals surface area contributed by atoms with Crippen molar-refractivity contribution < 1.29 is 19.5 Å². The molecule has 2 unspecified atom stereocenters. The molecule has 2 atom stereocenters. The second-order valence-electron chi connectivity index (χ2n) is 5.82. The van der Waals surface area contributed by atoms with Crippen LogP contribution < -0.4 is 0 Å². The van der Waals surface area contributed by atoms with Crippen LogP contribution in [0.2, 0.25) is 5.02 Å². The molecular weight excluding hydrogens is 354 g/mol. The average molecular weight is 376 g/mol. The molecule has 0 amide bonds. The van der Waals surface area contributed by atoms with E-state index in [0.717, 1.165) is 11.1 Å². The van der Waals surface area contributed by atoms with E-state index in [1.807, 2.05) is 42.5 Å². The van der Waals surface area contributed by atoms with Crippen LogP contribution in [0.15, 0.2) is 59.8 Å². The summed E-state index contributed by atoms with van der Waals surface area (Å²) in [6.45, 7) is 0.181. The molecule has 0 spiro atoms. The summed E-state index contributed by atoms with van der Waals surface area (Å²) in [6.07, 6.45) is 2.00. The Morgan fingerprint density at radius 1 is 1.15 bits per heavy atom. The molecule has 2 aromatic rings. The minimum atomic E-state index is -0.645. The van der Waals surface area contributed by atoms with Crippen molar-refractivity contribution >= 4 is 23.8 Å². The van der Waals surface area contributed by atoms with Crippen LogP contribution in [0.3, 0.4) is 0 Å². The molecule has 0 saturated heterocycles. The number of ether oxygens (including phenoxy) is 2. The molecule has 6 heteroatoms. The topological polar surface area (TPSA) is 68.1 Å². The van der Waals surface area contributed by atoms with E-state index in [-0.39, 0.29) is 12.7 Å². The third kappa shape index (κ3) is 6.17. The average Bonchev–Trinajstić information content (AvgIpc) is 2.67. The first-order chi connectivity index (χ1) is 12.6. The Kier molecular flexibility index (Phi) is 8.12. The van der Waals surface area contributed by atoms with Crippen molar-refractivity contribution in [3.63, 3.8) is 0 Å². The van der Waals surface area contributed by atoms with Gasteiger partial charge in [0.15, 0.2) is 0 Å². The first kappa shape index (κ1) is 19.9. The number of esters is 1. The molecule has 26 heavy (non-hydrogen) atoms. The Hall–Kier alpha value is -2.37. The monoisotopic (exact) mass is 375 g/mol. The summed E-state index contributed by atoms with van der Waals surface area (Å²) in [5.41, 5.74) is 1.87. The summed E-state index contributed by atoms with van der Waals surface area (Å²) in [4.78, 5) is 12.3. The van der Waals surface area contributed by atoms with E-state index in [0.29, 0.717) is 17.9 Å². The fourth-order valence-electron chi connectivity index (χ4n) is 2.60. The number of hydrogen-bond donors (Lipinski definition) is 1. The number of hydrogen-bond acceptors (Lipinski definition) is 5. The summed E-state index contributed by atoms with van der Waals surface area (Å²) in [5, 5.41) is 12.5. The number of oxime groups is 1. The van der Waals surface area contributed by atoms with Gasteiger partial charge in [0, 0.05) is 12.1 Å². The highest BCUT2D eigenvalue weighted by molar-refractivity contribution is 6.30. The molecule has 5 nitrogen and oxygen atoms in total. The normalized spacial score (nSPS) is 13.5. The van der Waals surface area contributed by atoms with Gasteiger partial charge in [-0.2, -0.15) is 0 Å². The summed E-state index contributed by atoms with van der Waals surface area (Å²) < 4.78 is 10.8. The van der Waals surface area contributed by atoms with Crippen molar-refractivity contribution in [3.05, 3.63) is 70.7 Å². The van der Waals surface area contributed by atoms with Gasteiger partial charge in [-0.3, -0.25) is 4.79 Å². The molecule has 2 rings (SSSR count). The van der Waals surface area contributed by atoms with Crippen LogP contribution in [0.25, 0.3) is 0 Å². The highest BCUT2D eigenvalue weighted by Crippen LogP contribution is 2.25. The molecule has 0 aliphatic carbocycles. The van der Waals surface area contributed by atoms with E-state index < -0.39 is 11.9 Å². The quantitative estimate of drug-likeness (QED) is 0.300. The maximum atomic E-state index is 12.3. The van der Waals surface area contributed by atoms with Crippen molar-refractivity contribution in [2.75, 3.05) is 7.11 Å².